The van der Waals surface area contributed by atoms with Gasteiger partial charge in [0, 0.05) is 25.2 Å². The fraction of sp³-hybridized carbons (Fsp3) is 0.441. The van der Waals surface area contributed by atoms with Gasteiger partial charge >= 0.3 is 0 Å². The molecule has 1 amide bonds. The molecule has 3 aromatic carbocycles. The molecule has 0 spiro atoms. The smallest absolute Gasteiger partial charge is 0.251 e. The summed E-state index contributed by atoms with van der Waals surface area (Å²) < 4.78 is 28.8. The van der Waals surface area contributed by atoms with E-state index in [0.29, 0.717) is 42.4 Å². The van der Waals surface area contributed by atoms with Crippen molar-refractivity contribution in [1.29, 1.82) is 0 Å². The van der Waals surface area contributed by atoms with Crippen LogP contribution in [0.1, 0.15) is 71.5 Å². The van der Waals surface area contributed by atoms with Gasteiger partial charge in [0.1, 0.15) is 5.75 Å². The number of carbonyl (C=O) groups is 1. The normalized spacial score (nSPS) is 18.6. The molecule has 1 aliphatic carbocycles. The molecule has 5 rings (SSSR count). The zero-order valence-electron chi connectivity index (χ0n) is 25.4. The number of benzene rings is 3. The number of aliphatic hydroxyl groups is 1. The lowest BCUT2D eigenvalue weighted by Crippen LogP contribution is -2.48. The Bertz CT molecular complexity index is 1360. The molecule has 2 aliphatic rings. The Morgan fingerprint density at radius 1 is 0.977 bits per heavy atom. The maximum atomic E-state index is 13.9. The number of rotatable bonds is 12. The lowest BCUT2D eigenvalue weighted by molar-refractivity contribution is 0.0830. The predicted molar refractivity (Wildman–Crippen MR) is 181 cm³/mol. The molecule has 2 fully saturated rings. The van der Waals surface area contributed by atoms with Crippen LogP contribution in [0.2, 0.25) is 0 Å². The minimum absolute atomic E-state index is 0. The lowest BCUT2D eigenvalue weighted by atomic mass is 9.94. The molecule has 3 aromatic rings. The topological polar surface area (TPSA) is 114 Å². The van der Waals surface area contributed by atoms with E-state index in [1.54, 1.807) is 17.5 Å². The predicted octanol–water partition coefficient (Wildman–Crippen LogP) is 6.53. The van der Waals surface area contributed by atoms with E-state index >= 15 is 0 Å². The zero-order valence-corrected chi connectivity index (χ0v) is 27.0. The summed E-state index contributed by atoms with van der Waals surface area (Å²) in [6.45, 7) is 1.39. The molecular weight excluding hydrogens is 598 g/mol. The molecule has 1 saturated carbocycles. The van der Waals surface area contributed by atoms with Crippen LogP contribution in [-0.4, -0.2) is 58.2 Å². The fourth-order valence-electron chi connectivity index (χ4n) is 6.20. The highest BCUT2D eigenvalue weighted by Gasteiger charge is 2.30. The van der Waals surface area contributed by atoms with Crippen LogP contribution < -0.4 is 19.7 Å². The van der Waals surface area contributed by atoms with E-state index in [9.17, 15) is 19.0 Å². The third kappa shape index (κ3) is 8.90. The van der Waals surface area contributed by atoms with E-state index in [1.165, 1.54) is 0 Å². The monoisotopic (exact) mass is 643 g/mol. The second-order valence-electron chi connectivity index (χ2n) is 11.8. The van der Waals surface area contributed by atoms with Crippen molar-refractivity contribution in [2.75, 3.05) is 30.3 Å². The lowest BCUT2D eigenvalue weighted by Gasteiger charge is -2.47. The number of aliphatic hydroxyl groups excluding tert-OH is 1. The van der Waals surface area contributed by atoms with Crippen molar-refractivity contribution in [3.63, 3.8) is 0 Å². The Labute approximate surface area is 269 Å². The van der Waals surface area contributed by atoms with Gasteiger partial charge < -0.3 is 20.5 Å². The quantitative estimate of drug-likeness (QED) is 0.152. The third-order valence-corrected chi connectivity index (χ3v) is 10.5. The zero-order chi connectivity index (χ0) is 30.2. The van der Waals surface area contributed by atoms with Crippen molar-refractivity contribution in [3.05, 3.63) is 95.1 Å². The summed E-state index contributed by atoms with van der Waals surface area (Å²) in [6, 6.07) is 22.9. The maximum absolute atomic E-state index is 13.9. The molecule has 2 atom stereocenters. The van der Waals surface area contributed by atoms with Gasteiger partial charge in [0.25, 0.3) is 5.91 Å². The molecule has 1 aliphatic heterocycles. The molecule has 10 heteroatoms. The standard InChI is InChI=1S/C34H45N3O5S.ClH/c1-42-31-15-9-12-26(18-31)23-35-24-33(38)32(19-25-10-3-2-4-11-25)36-34(39)29-20-28(27-13-5-6-14-27)21-30(22-29)37-16-7-8-17-43(37,40)41;/h2-4,9-12,15,18,20-22,27,32-33,35,38,40-41H,5-8,13-14,16-17,19,23-24H2,1H3,(H,36,39);1H/t32-,33+;/m0./s1. The molecule has 8 nitrogen and oxygen atoms in total. The first-order valence-corrected chi connectivity index (χ1v) is 17.0. The number of nitrogens with one attached hydrogen (secondary N) is 2. The van der Waals surface area contributed by atoms with Crippen LogP contribution in [0.25, 0.3) is 0 Å². The molecule has 5 N–H and O–H groups in total. The Balaban J connectivity index is 0.00000442. The number of anilines is 1. The average Bonchev–Trinajstić information content (AvgIpc) is 3.56. The number of amides is 1. The minimum Gasteiger partial charge on any atom is -0.497 e. The van der Waals surface area contributed by atoms with Crippen LogP contribution >= 0.6 is 23.2 Å². The Morgan fingerprint density at radius 3 is 2.45 bits per heavy atom. The van der Waals surface area contributed by atoms with Gasteiger partial charge in [-0.05, 0) is 85.0 Å². The van der Waals surface area contributed by atoms with Crippen LogP contribution in [0.3, 0.4) is 0 Å². The van der Waals surface area contributed by atoms with Crippen LogP contribution in [0.5, 0.6) is 5.75 Å². The first-order chi connectivity index (χ1) is 20.8. The summed E-state index contributed by atoms with van der Waals surface area (Å²) in [5, 5.41) is 17.8. The molecule has 0 radical (unpaired) electrons. The molecular formula is C34H46ClN3O5S. The average molecular weight is 644 g/mol. The van der Waals surface area contributed by atoms with Gasteiger partial charge in [-0.2, -0.15) is 0 Å². The molecule has 0 unspecified atom stereocenters. The Hall–Kier alpha value is -2.79. The van der Waals surface area contributed by atoms with Gasteiger partial charge in [0.2, 0.25) is 0 Å². The van der Waals surface area contributed by atoms with Crippen LogP contribution in [0.15, 0.2) is 72.8 Å². The molecule has 1 heterocycles. The van der Waals surface area contributed by atoms with Crippen molar-refractivity contribution in [2.45, 2.75) is 69.6 Å². The minimum atomic E-state index is -2.93. The van der Waals surface area contributed by atoms with Crippen molar-refractivity contribution in [2.24, 2.45) is 0 Å². The number of ether oxygens (including phenoxy) is 1. The molecule has 0 bridgehead atoms. The highest BCUT2D eigenvalue weighted by molar-refractivity contribution is 8.25. The number of hydrogen-bond donors (Lipinski definition) is 5. The SMILES string of the molecule is COc1cccc(CNC[C@@H](O)[C@H](Cc2ccccc2)NC(=O)c2cc(C3CCCC3)cc(N3CCCCS3(O)O)c2)c1.Cl. The van der Waals surface area contributed by atoms with E-state index in [-0.39, 0.29) is 24.9 Å². The van der Waals surface area contributed by atoms with E-state index < -0.39 is 22.9 Å². The van der Waals surface area contributed by atoms with E-state index in [0.717, 1.165) is 61.0 Å². The fourth-order valence-corrected chi connectivity index (χ4v) is 7.88. The summed E-state index contributed by atoms with van der Waals surface area (Å²) in [7, 11) is -1.29. The molecule has 240 valence electrons. The largest absolute Gasteiger partial charge is 0.497 e. The number of carbonyl (C=O) groups excluding carboxylic acids is 1. The van der Waals surface area contributed by atoms with E-state index in [4.69, 9.17) is 4.74 Å². The van der Waals surface area contributed by atoms with E-state index in [1.807, 2.05) is 66.7 Å². The summed E-state index contributed by atoms with van der Waals surface area (Å²) in [4.78, 5) is 13.9. The first-order valence-electron chi connectivity index (χ1n) is 15.4. The first kappa shape index (κ1) is 34.1. The van der Waals surface area contributed by atoms with Gasteiger partial charge in [-0.25, -0.2) is 0 Å². The summed E-state index contributed by atoms with van der Waals surface area (Å²) in [5.41, 5.74) is 4.29. The summed E-state index contributed by atoms with van der Waals surface area (Å²) >= 11 is 0. The van der Waals surface area contributed by atoms with Gasteiger partial charge in [0.05, 0.1) is 30.7 Å². The summed E-state index contributed by atoms with van der Waals surface area (Å²) in [6.07, 6.45) is 5.72. The number of methoxy groups -OCH3 is 1. The number of hydrogen-bond acceptors (Lipinski definition) is 7. The molecule has 0 aromatic heterocycles. The number of nitrogens with zero attached hydrogens (tertiary/aromatic N) is 1. The summed E-state index contributed by atoms with van der Waals surface area (Å²) in [5.74, 6) is 1.20. The van der Waals surface area contributed by atoms with Crippen molar-refractivity contribution < 1.29 is 23.7 Å². The second kappa shape index (κ2) is 16.0. The van der Waals surface area contributed by atoms with E-state index in [2.05, 4.69) is 10.6 Å². The highest BCUT2D eigenvalue weighted by atomic mass is 35.5. The highest BCUT2D eigenvalue weighted by Crippen LogP contribution is 2.50. The van der Waals surface area contributed by atoms with Crippen molar-refractivity contribution in [3.8, 4) is 5.75 Å². The third-order valence-electron chi connectivity index (χ3n) is 8.60. The second-order valence-corrected chi connectivity index (χ2v) is 13.9. The van der Waals surface area contributed by atoms with Crippen LogP contribution in [-0.2, 0) is 13.0 Å². The maximum Gasteiger partial charge on any atom is 0.251 e. The molecule has 1 saturated heterocycles. The van der Waals surface area contributed by atoms with Gasteiger partial charge in [-0.15, -0.1) is 23.2 Å². The Kier molecular flexibility index (Phi) is 12.4. The van der Waals surface area contributed by atoms with Crippen molar-refractivity contribution in [1.82, 2.24) is 10.6 Å². The number of halogens is 1. The Morgan fingerprint density at radius 2 is 1.73 bits per heavy atom. The molecule has 44 heavy (non-hydrogen) atoms. The van der Waals surface area contributed by atoms with Gasteiger partial charge in [-0.1, -0.05) is 55.3 Å². The van der Waals surface area contributed by atoms with Gasteiger partial charge in [-0.3, -0.25) is 18.2 Å². The van der Waals surface area contributed by atoms with Crippen molar-refractivity contribution >= 4 is 34.8 Å². The van der Waals surface area contributed by atoms with Gasteiger partial charge in [0.15, 0.2) is 0 Å². The van der Waals surface area contributed by atoms with Crippen LogP contribution in [0, 0.1) is 0 Å². The van der Waals surface area contributed by atoms with Crippen LogP contribution in [0.4, 0.5) is 5.69 Å².